The number of hydrogen-bond acceptors (Lipinski definition) is 5. The summed E-state index contributed by atoms with van der Waals surface area (Å²) >= 11 is 0. The molecule has 1 aliphatic rings. The normalized spacial score (nSPS) is 14.1. The number of carbonyl (C=O) groups is 3. The van der Waals surface area contributed by atoms with Crippen molar-refractivity contribution in [2.45, 2.75) is 72.1 Å². The van der Waals surface area contributed by atoms with E-state index in [0.717, 1.165) is 36.8 Å². The number of hydrogen-bond donors (Lipinski definition) is 2. The summed E-state index contributed by atoms with van der Waals surface area (Å²) in [6.07, 6.45) is 2.73. The Hall–Kier alpha value is -4.83. The van der Waals surface area contributed by atoms with Crippen molar-refractivity contribution in [1.82, 2.24) is 19.6 Å². The second-order valence-corrected chi connectivity index (χ2v) is 12.0. The number of rotatable bonds is 12. The number of unbranched alkanes of at least 4 members (excludes halogenated alkanes) is 2. The summed E-state index contributed by atoms with van der Waals surface area (Å²) in [5.41, 5.74) is 4.01. The van der Waals surface area contributed by atoms with Crippen molar-refractivity contribution in [3.8, 4) is 5.69 Å². The molecule has 1 aliphatic heterocycles. The van der Waals surface area contributed by atoms with Crippen LogP contribution in [0.5, 0.6) is 0 Å². The Balaban J connectivity index is 1.50. The molecule has 1 aromatic heterocycles. The SMILES string of the molecule is CCCCN(CCCC)C(=O)c1cc(C)n(-c2ccc(NC(=O)Cc3ccccc3F)cc2C(=O)N2Cc3ccccc3CC2O)n1. The van der Waals surface area contributed by atoms with E-state index in [4.69, 9.17) is 0 Å². The quantitative estimate of drug-likeness (QED) is 0.196. The van der Waals surface area contributed by atoms with Gasteiger partial charge in [-0.3, -0.25) is 14.4 Å². The molecule has 0 fully saturated rings. The Morgan fingerprint density at radius 3 is 2.34 bits per heavy atom. The minimum Gasteiger partial charge on any atom is -0.373 e. The van der Waals surface area contributed by atoms with Gasteiger partial charge in [-0.1, -0.05) is 69.2 Å². The van der Waals surface area contributed by atoms with Gasteiger partial charge in [0.2, 0.25) is 5.91 Å². The summed E-state index contributed by atoms with van der Waals surface area (Å²) < 4.78 is 15.8. The summed E-state index contributed by atoms with van der Waals surface area (Å²) in [5.74, 6) is -1.55. The molecule has 1 atom stereocenters. The van der Waals surface area contributed by atoms with Gasteiger partial charge in [-0.15, -0.1) is 0 Å². The van der Waals surface area contributed by atoms with Gasteiger partial charge in [0, 0.05) is 37.4 Å². The van der Waals surface area contributed by atoms with Crippen molar-refractivity contribution < 1.29 is 23.9 Å². The van der Waals surface area contributed by atoms with Gasteiger partial charge in [-0.05, 0) is 66.8 Å². The molecule has 9 nitrogen and oxygen atoms in total. The zero-order valence-corrected chi connectivity index (χ0v) is 27.2. The minimum absolute atomic E-state index is 0.165. The van der Waals surface area contributed by atoms with Gasteiger partial charge in [0.05, 0.1) is 17.7 Å². The maximum atomic E-state index is 14.3. The molecule has 4 aromatic rings. The van der Waals surface area contributed by atoms with Crippen molar-refractivity contribution in [3.63, 3.8) is 0 Å². The molecular weight excluding hydrogens is 597 g/mol. The summed E-state index contributed by atoms with van der Waals surface area (Å²) in [5, 5.41) is 18.5. The first-order chi connectivity index (χ1) is 22.7. The molecule has 3 aromatic carbocycles. The second-order valence-electron chi connectivity index (χ2n) is 12.0. The van der Waals surface area contributed by atoms with Crippen LogP contribution in [-0.2, 0) is 24.2 Å². The number of halogens is 1. The largest absolute Gasteiger partial charge is 0.373 e. The Morgan fingerprint density at radius 2 is 1.64 bits per heavy atom. The van der Waals surface area contributed by atoms with Crippen LogP contribution in [0.4, 0.5) is 10.1 Å². The van der Waals surface area contributed by atoms with Crippen LogP contribution in [0.1, 0.15) is 82.8 Å². The number of aryl methyl sites for hydroxylation is 1. The van der Waals surface area contributed by atoms with E-state index in [9.17, 15) is 23.9 Å². The molecule has 0 spiro atoms. The third-order valence-corrected chi connectivity index (χ3v) is 8.49. The van der Waals surface area contributed by atoms with Crippen LogP contribution >= 0.6 is 0 Å². The molecule has 0 radical (unpaired) electrons. The zero-order valence-electron chi connectivity index (χ0n) is 27.2. The lowest BCUT2D eigenvalue weighted by molar-refractivity contribution is -0.115. The summed E-state index contributed by atoms with van der Waals surface area (Å²) in [6.45, 7) is 7.47. The fourth-order valence-electron chi connectivity index (χ4n) is 5.86. The molecule has 3 amide bonds. The number of aliphatic hydroxyl groups excluding tert-OH is 1. The van der Waals surface area contributed by atoms with Gasteiger partial charge in [-0.2, -0.15) is 5.10 Å². The summed E-state index contributed by atoms with van der Waals surface area (Å²) in [6, 6.07) is 20.3. The molecular formula is C37H42FN5O4. The van der Waals surface area contributed by atoms with Crippen LogP contribution < -0.4 is 5.32 Å². The highest BCUT2D eigenvalue weighted by atomic mass is 19.1. The topological polar surface area (TPSA) is 108 Å². The number of nitrogens with zero attached hydrogens (tertiary/aromatic N) is 4. The number of aromatic nitrogens is 2. The molecule has 47 heavy (non-hydrogen) atoms. The molecule has 5 rings (SSSR count). The molecule has 246 valence electrons. The van der Waals surface area contributed by atoms with E-state index in [0.29, 0.717) is 30.2 Å². The van der Waals surface area contributed by atoms with Crippen molar-refractivity contribution in [3.05, 3.63) is 112 Å². The Morgan fingerprint density at radius 1 is 0.957 bits per heavy atom. The number of fused-ring (bicyclic) bond motifs is 1. The lowest BCUT2D eigenvalue weighted by atomic mass is 9.97. The monoisotopic (exact) mass is 639 g/mol. The van der Waals surface area contributed by atoms with E-state index in [1.807, 2.05) is 36.1 Å². The van der Waals surface area contributed by atoms with E-state index in [2.05, 4.69) is 24.3 Å². The van der Waals surface area contributed by atoms with Crippen molar-refractivity contribution >= 4 is 23.4 Å². The standard InChI is InChI=1S/C37H42FN5O4/c1-4-6-18-41(19-7-5-2)37(47)32-20-25(3)43(40-32)33-17-16-29(39-34(44)21-27-13-10-11-15-31(27)38)23-30(33)36(46)42-24-28-14-9-8-12-26(28)22-35(42)45/h8-17,20,23,35,45H,4-7,18-19,21-22,24H2,1-3H3,(H,39,44). The molecule has 0 saturated carbocycles. The molecule has 0 bridgehead atoms. The summed E-state index contributed by atoms with van der Waals surface area (Å²) in [4.78, 5) is 44.0. The zero-order chi connectivity index (χ0) is 33.5. The average Bonchev–Trinajstić information content (AvgIpc) is 3.46. The number of amides is 3. The van der Waals surface area contributed by atoms with Crippen molar-refractivity contribution in [1.29, 1.82) is 0 Å². The van der Waals surface area contributed by atoms with Crippen LogP contribution in [0.2, 0.25) is 0 Å². The Bertz CT molecular complexity index is 1740. The first kappa shape index (κ1) is 33.5. The molecule has 10 heteroatoms. The predicted molar refractivity (Wildman–Crippen MR) is 179 cm³/mol. The van der Waals surface area contributed by atoms with E-state index >= 15 is 0 Å². The van der Waals surface area contributed by atoms with Gasteiger partial charge >= 0.3 is 0 Å². The summed E-state index contributed by atoms with van der Waals surface area (Å²) in [7, 11) is 0. The van der Waals surface area contributed by atoms with Crippen molar-refractivity contribution in [2.24, 2.45) is 0 Å². The molecule has 2 N–H and O–H groups in total. The first-order valence-electron chi connectivity index (χ1n) is 16.3. The second kappa shape index (κ2) is 15.2. The highest BCUT2D eigenvalue weighted by Gasteiger charge is 2.31. The minimum atomic E-state index is -1.06. The first-order valence-corrected chi connectivity index (χ1v) is 16.3. The number of carbonyl (C=O) groups excluding carboxylic acids is 3. The van der Waals surface area contributed by atoms with Crippen LogP contribution in [0.15, 0.2) is 72.8 Å². The Kier molecular flexibility index (Phi) is 10.8. The fraction of sp³-hybridized carbons (Fsp3) is 0.351. The lowest BCUT2D eigenvalue weighted by Crippen LogP contribution is -2.44. The van der Waals surface area contributed by atoms with Gasteiger partial charge in [-0.25, -0.2) is 9.07 Å². The fourth-order valence-corrected chi connectivity index (χ4v) is 5.86. The lowest BCUT2D eigenvalue weighted by Gasteiger charge is -2.34. The van der Waals surface area contributed by atoms with Gasteiger partial charge in [0.25, 0.3) is 11.8 Å². The Labute approximate surface area is 275 Å². The van der Waals surface area contributed by atoms with Gasteiger partial charge < -0.3 is 20.2 Å². The van der Waals surface area contributed by atoms with E-state index in [1.165, 1.54) is 11.0 Å². The van der Waals surface area contributed by atoms with Gasteiger partial charge in [0.15, 0.2) is 5.69 Å². The van der Waals surface area contributed by atoms with Crippen LogP contribution in [0, 0.1) is 12.7 Å². The van der Waals surface area contributed by atoms with Crippen LogP contribution in [0.25, 0.3) is 5.69 Å². The number of nitrogens with one attached hydrogen (secondary N) is 1. The molecule has 2 heterocycles. The molecule has 1 unspecified atom stereocenters. The number of aliphatic hydroxyl groups is 1. The van der Waals surface area contributed by atoms with Gasteiger partial charge in [0.1, 0.15) is 12.0 Å². The van der Waals surface area contributed by atoms with E-state index < -0.39 is 23.9 Å². The highest BCUT2D eigenvalue weighted by Crippen LogP contribution is 2.28. The van der Waals surface area contributed by atoms with E-state index in [1.54, 1.807) is 47.1 Å². The van der Waals surface area contributed by atoms with E-state index in [-0.39, 0.29) is 42.1 Å². The third-order valence-electron chi connectivity index (χ3n) is 8.49. The maximum absolute atomic E-state index is 14.3. The number of benzene rings is 3. The molecule has 0 saturated heterocycles. The van der Waals surface area contributed by atoms with Crippen LogP contribution in [0.3, 0.4) is 0 Å². The smallest absolute Gasteiger partial charge is 0.274 e. The van der Waals surface area contributed by atoms with Crippen LogP contribution in [-0.4, -0.2) is 61.7 Å². The predicted octanol–water partition coefficient (Wildman–Crippen LogP) is 6.06. The van der Waals surface area contributed by atoms with Crippen molar-refractivity contribution in [2.75, 3.05) is 18.4 Å². The number of anilines is 1. The maximum Gasteiger partial charge on any atom is 0.274 e. The highest BCUT2D eigenvalue weighted by molar-refractivity contribution is 6.01. The third kappa shape index (κ3) is 7.77. The average molecular weight is 640 g/mol. The molecule has 0 aliphatic carbocycles.